The van der Waals surface area contributed by atoms with E-state index in [1.165, 1.54) is 5.01 Å². The maximum atomic E-state index is 11.9. The fraction of sp³-hybridized carbons (Fsp3) is 0.733. The molecule has 0 amide bonds. The van der Waals surface area contributed by atoms with Gasteiger partial charge in [0.1, 0.15) is 5.60 Å². The van der Waals surface area contributed by atoms with Gasteiger partial charge < -0.3 is 4.74 Å². The fourth-order valence-electron chi connectivity index (χ4n) is 1.91. The highest BCUT2D eigenvalue weighted by Gasteiger charge is 2.23. The van der Waals surface area contributed by atoms with Crippen LogP contribution in [0.3, 0.4) is 0 Å². The Morgan fingerprint density at radius 2 is 2.11 bits per heavy atom. The van der Waals surface area contributed by atoms with Crippen molar-refractivity contribution in [3.8, 4) is 0 Å². The van der Waals surface area contributed by atoms with Gasteiger partial charge in [-0.3, -0.25) is 4.79 Å². The standard InChI is InChI=1S/C15H25NO2S/c1-6-12(13-16-9-10-19-13)8-7-11(2)14(17)18-15(3,4)5/h9-12H,6-8H2,1-5H3. The van der Waals surface area contributed by atoms with Crippen molar-refractivity contribution < 1.29 is 9.53 Å². The molecule has 2 unspecified atom stereocenters. The van der Waals surface area contributed by atoms with Crippen LogP contribution in [0.1, 0.15) is 64.8 Å². The zero-order valence-electron chi connectivity index (χ0n) is 12.6. The minimum Gasteiger partial charge on any atom is -0.460 e. The molecule has 0 aliphatic heterocycles. The van der Waals surface area contributed by atoms with Gasteiger partial charge in [0.25, 0.3) is 0 Å². The summed E-state index contributed by atoms with van der Waals surface area (Å²) in [6.07, 6.45) is 4.76. The molecule has 0 saturated carbocycles. The second-order valence-corrected chi connectivity index (χ2v) is 6.91. The maximum absolute atomic E-state index is 11.9. The van der Waals surface area contributed by atoms with E-state index in [0.29, 0.717) is 5.92 Å². The van der Waals surface area contributed by atoms with Crippen LogP contribution in [0.25, 0.3) is 0 Å². The number of ether oxygens (including phenoxy) is 1. The molecular formula is C15H25NO2S. The highest BCUT2D eigenvalue weighted by Crippen LogP contribution is 2.28. The second kappa shape index (κ2) is 7.04. The van der Waals surface area contributed by atoms with Crippen molar-refractivity contribution in [2.75, 3.05) is 0 Å². The van der Waals surface area contributed by atoms with Crippen molar-refractivity contribution in [3.63, 3.8) is 0 Å². The van der Waals surface area contributed by atoms with Gasteiger partial charge in [0.2, 0.25) is 0 Å². The lowest BCUT2D eigenvalue weighted by molar-refractivity contribution is -0.159. The van der Waals surface area contributed by atoms with E-state index < -0.39 is 5.60 Å². The quantitative estimate of drug-likeness (QED) is 0.727. The molecule has 108 valence electrons. The van der Waals surface area contributed by atoms with Crippen molar-refractivity contribution >= 4 is 17.3 Å². The Morgan fingerprint density at radius 1 is 1.42 bits per heavy atom. The number of esters is 1. The first-order valence-corrected chi connectivity index (χ1v) is 7.83. The van der Waals surface area contributed by atoms with Gasteiger partial charge in [-0.25, -0.2) is 4.98 Å². The van der Waals surface area contributed by atoms with E-state index in [0.717, 1.165) is 19.3 Å². The molecular weight excluding hydrogens is 258 g/mol. The number of hydrogen-bond acceptors (Lipinski definition) is 4. The maximum Gasteiger partial charge on any atom is 0.309 e. The highest BCUT2D eigenvalue weighted by atomic mass is 32.1. The van der Waals surface area contributed by atoms with E-state index in [-0.39, 0.29) is 11.9 Å². The minimum atomic E-state index is -0.398. The summed E-state index contributed by atoms with van der Waals surface area (Å²) in [7, 11) is 0. The molecule has 0 aliphatic carbocycles. The van der Waals surface area contributed by atoms with Crippen LogP contribution in [0.5, 0.6) is 0 Å². The molecule has 0 fully saturated rings. The average molecular weight is 283 g/mol. The Morgan fingerprint density at radius 3 is 2.58 bits per heavy atom. The van der Waals surface area contributed by atoms with E-state index >= 15 is 0 Å². The van der Waals surface area contributed by atoms with Crippen molar-refractivity contribution in [1.82, 2.24) is 4.98 Å². The topological polar surface area (TPSA) is 39.2 Å². The Labute approximate surface area is 120 Å². The van der Waals surface area contributed by atoms with E-state index in [1.54, 1.807) is 11.3 Å². The number of hydrogen-bond donors (Lipinski definition) is 0. The summed E-state index contributed by atoms with van der Waals surface area (Å²) in [5, 5.41) is 3.19. The Hall–Kier alpha value is -0.900. The Balaban J connectivity index is 2.44. The predicted molar refractivity (Wildman–Crippen MR) is 79.4 cm³/mol. The number of rotatable bonds is 6. The van der Waals surface area contributed by atoms with Crippen LogP contribution in [-0.4, -0.2) is 16.6 Å². The minimum absolute atomic E-state index is 0.0479. The van der Waals surface area contributed by atoms with Crippen LogP contribution < -0.4 is 0 Å². The van der Waals surface area contributed by atoms with Gasteiger partial charge in [0, 0.05) is 17.5 Å². The van der Waals surface area contributed by atoms with Crippen molar-refractivity contribution in [3.05, 3.63) is 16.6 Å². The smallest absolute Gasteiger partial charge is 0.309 e. The Kier molecular flexibility index (Phi) is 5.98. The molecule has 19 heavy (non-hydrogen) atoms. The van der Waals surface area contributed by atoms with Crippen LogP contribution >= 0.6 is 11.3 Å². The van der Waals surface area contributed by atoms with E-state index in [4.69, 9.17) is 4.74 Å². The predicted octanol–water partition coefficient (Wildman–Crippen LogP) is 4.39. The van der Waals surface area contributed by atoms with E-state index in [2.05, 4.69) is 11.9 Å². The van der Waals surface area contributed by atoms with Crippen LogP contribution in [0.4, 0.5) is 0 Å². The number of thiazole rings is 1. The van der Waals surface area contributed by atoms with Gasteiger partial charge in [-0.1, -0.05) is 13.8 Å². The van der Waals surface area contributed by atoms with Gasteiger partial charge in [0.15, 0.2) is 0 Å². The van der Waals surface area contributed by atoms with Crippen LogP contribution in [-0.2, 0) is 9.53 Å². The number of carbonyl (C=O) groups is 1. The molecule has 0 N–H and O–H groups in total. The van der Waals surface area contributed by atoms with Crippen molar-refractivity contribution in [2.24, 2.45) is 5.92 Å². The van der Waals surface area contributed by atoms with Crippen LogP contribution in [0.2, 0.25) is 0 Å². The molecule has 0 aromatic carbocycles. The average Bonchev–Trinajstić information content (AvgIpc) is 2.81. The van der Waals surface area contributed by atoms with Gasteiger partial charge in [-0.2, -0.15) is 0 Å². The summed E-state index contributed by atoms with van der Waals surface area (Å²) in [5.74, 6) is 0.319. The second-order valence-electron chi connectivity index (χ2n) is 5.99. The Bertz CT molecular complexity index is 381. The summed E-state index contributed by atoms with van der Waals surface area (Å²) >= 11 is 1.70. The summed E-state index contributed by atoms with van der Waals surface area (Å²) in [6, 6.07) is 0. The lowest BCUT2D eigenvalue weighted by atomic mass is 9.95. The molecule has 1 rings (SSSR count). The molecule has 1 aromatic rings. The molecule has 0 saturated heterocycles. The zero-order chi connectivity index (χ0) is 14.5. The molecule has 1 aromatic heterocycles. The van der Waals surface area contributed by atoms with Gasteiger partial charge in [0.05, 0.1) is 10.9 Å². The van der Waals surface area contributed by atoms with E-state index in [9.17, 15) is 4.79 Å². The zero-order valence-corrected chi connectivity index (χ0v) is 13.4. The lowest BCUT2D eigenvalue weighted by Crippen LogP contribution is -2.27. The van der Waals surface area contributed by atoms with E-state index in [1.807, 2.05) is 39.3 Å². The molecule has 0 bridgehead atoms. The highest BCUT2D eigenvalue weighted by molar-refractivity contribution is 7.09. The first kappa shape index (κ1) is 16.2. The van der Waals surface area contributed by atoms with Gasteiger partial charge >= 0.3 is 5.97 Å². The summed E-state index contributed by atoms with van der Waals surface area (Å²) in [4.78, 5) is 16.3. The third-order valence-corrected chi connectivity index (χ3v) is 3.99. The monoisotopic (exact) mass is 283 g/mol. The number of nitrogens with zero attached hydrogens (tertiary/aromatic N) is 1. The fourth-order valence-corrected chi connectivity index (χ4v) is 2.77. The van der Waals surface area contributed by atoms with Crippen molar-refractivity contribution in [2.45, 2.75) is 65.4 Å². The van der Waals surface area contributed by atoms with Crippen LogP contribution in [0, 0.1) is 5.92 Å². The third kappa shape index (κ3) is 5.72. The molecule has 0 radical (unpaired) electrons. The van der Waals surface area contributed by atoms with Crippen molar-refractivity contribution in [1.29, 1.82) is 0 Å². The molecule has 3 nitrogen and oxygen atoms in total. The number of carbonyl (C=O) groups excluding carboxylic acids is 1. The summed E-state index contributed by atoms with van der Waals surface area (Å²) < 4.78 is 5.40. The molecule has 0 spiro atoms. The summed E-state index contributed by atoms with van der Waals surface area (Å²) in [6.45, 7) is 9.83. The molecule has 1 heterocycles. The molecule has 4 heteroatoms. The van der Waals surface area contributed by atoms with Gasteiger partial charge in [-0.15, -0.1) is 11.3 Å². The number of aromatic nitrogens is 1. The van der Waals surface area contributed by atoms with Gasteiger partial charge in [-0.05, 0) is 40.0 Å². The molecule has 2 atom stereocenters. The SMILES string of the molecule is CCC(CCC(C)C(=O)OC(C)(C)C)c1nccs1. The summed E-state index contributed by atoms with van der Waals surface area (Å²) in [5.41, 5.74) is -0.398. The normalized spacial score (nSPS) is 15.0. The first-order valence-electron chi connectivity index (χ1n) is 6.95. The van der Waals surface area contributed by atoms with Crippen LogP contribution in [0.15, 0.2) is 11.6 Å². The lowest BCUT2D eigenvalue weighted by Gasteiger charge is -2.23. The third-order valence-electron chi connectivity index (χ3n) is 3.05. The molecule has 0 aliphatic rings. The largest absolute Gasteiger partial charge is 0.460 e. The first-order chi connectivity index (χ1) is 8.83.